The number of fused-ring (bicyclic) bond motifs is 3. The van der Waals surface area contributed by atoms with Gasteiger partial charge in [-0.2, -0.15) is 0 Å². The zero-order valence-electron chi connectivity index (χ0n) is 17.0. The zero-order valence-corrected chi connectivity index (χ0v) is 17.0. The lowest BCUT2D eigenvalue weighted by molar-refractivity contribution is 0.146. The van der Waals surface area contributed by atoms with E-state index in [2.05, 4.69) is 78.2 Å². The normalized spacial score (nSPS) is 24.8. The lowest BCUT2D eigenvalue weighted by Crippen LogP contribution is -2.40. The van der Waals surface area contributed by atoms with Gasteiger partial charge in [0, 0.05) is 12.5 Å². The maximum atomic E-state index is 2.74. The Balaban J connectivity index is 1.49. The fraction of sp³-hybridized carbons (Fsp3) is 0.520. The molecule has 0 N–H and O–H groups in total. The largest absolute Gasteiger partial charge is 0.304 e. The van der Waals surface area contributed by atoms with Crippen molar-refractivity contribution in [1.82, 2.24) is 9.80 Å². The highest BCUT2D eigenvalue weighted by Gasteiger charge is 2.43. The molecule has 0 bridgehead atoms. The van der Waals surface area contributed by atoms with Crippen LogP contribution in [0.15, 0.2) is 54.6 Å². The van der Waals surface area contributed by atoms with Gasteiger partial charge in [0.05, 0.1) is 0 Å². The third-order valence-electron chi connectivity index (χ3n) is 6.90. The van der Waals surface area contributed by atoms with Crippen LogP contribution < -0.4 is 0 Å². The summed E-state index contributed by atoms with van der Waals surface area (Å²) in [6, 6.07) is 20.5. The number of likely N-dealkylation sites (tertiary alicyclic amines) is 1. The van der Waals surface area contributed by atoms with Gasteiger partial charge in [-0.3, -0.25) is 0 Å². The Morgan fingerprint density at radius 3 is 2.37 bits per heavy atom. The van der Waals surface area contributed by atoms with Crippen molar-refractivity contribution in [2.45, 2.75) is 38.5 Å². The van der Waals surface area contributed by atoms with Gasteiger partial charge in [0.25, 0.3) is 0 Å². The molecule has 0 spiro atoms. The van der Waals surface area contributed by atoms with Gasteiger partial charge in [-0.1, -0.05) is 68.4 Å². The second kappa shape index (κ2) is 8.58. The number of hydrogen-bond donors (Lipinski definition) is 0. The van der Waals surface area contributed by atoms with Crippen LogP contribution in [-0.4, -0.2) is 49.1 Å². The Kier molecular flexibility index (Phi) is 5.95. The van der Waals surface area contributed by atoms with E-state index in [-0.39, 0.29) is 0 Å². The number of hydrogen-bond acceptors (Lipinski definition) is 2. The fourth-order valence-electron chi connectivity index (χ4n) is 5.49. The summed E-state index contributed by atoms with van der Waals surface area (Å²) in [6.45, 7) is 11.9. The van der Waals surface area contributed by atoms with Crippen molar-refractivity contribution in [2.24, 2.45) is 5.92 Å². The molecule has 144 valence electrons. The molecule has 3 atom stereocenters. The summed E-state index contributed by atoms with van der Waals surface area (Å²) in [4.78, 5) is 5.29. The van der Waals surface area contributed by atoms with Crippen LogP contribution in [0, 0.1) is 5.92 Å². The van der Waals surface area contributed by atoms with E-state index in [0.717, 1.165) is 11.8 Å². The zero-order chi connectivity index (χ0) is 18.6. The van der Waals surface area contributed by atoms with Crippen molar-refractivity contribution in [3.63, 3.8) is 0 Å². The van der Waals surface area contributed by atoms with Gasteiger partial charge in [0.1, 0.15) is 0 Å². The fourth-order valence-corrected chi connectivity index (χ4v) is 5.49. The van der Waals surface area contributed by atoms with Crippen LogP contribution in [0.3, 0.4) is 0 Å². The molecule has 2 aromatic rings. The van der Waals surface area contributed by atoms with Gasteiger partial charge in [0.15, 0.2) is 0 Å². The molecule has 2 nitrogen and oxygen atoms in total. The molecule has 1 aliphatic carbocycles. The molecule has 1 aliphatic heterocycles. The topological polar surface area (TPSA) is 6.48 Å². The summed E-state index contributed by atoms with van der Waals surface area (Å²) in [7, 11) is 0. The second-order valence-corrected chi connectivity index (χ2v) is 8.26. The summed E-state index contributed by atoms with van der Waals surface area (Å²) in [5.41, 5.74) is 4.71. The van der Waals surface area contributed by atoms with Crippen molar-refractivity contribution in [1.29, 1.82) is 0 Å². The Hall–Kier alpha value is -1.64. The van der Waals surface area contributed by atoms with E-state index in [1.54, 1.807) is 11.1 Å². The predicted octanol–water partition coefficient (Wildman–Crippen LogP) is 4.97. The molecule has 0 aromatic heterocycles. The minimum Gasteiger partial charge on any atom is -0.304 e. The molecule has 0 amide bonds. The molecule has 27 heavy (non-hydrogen) atoms. The first-order valence-corrected chi connectivity index (χ1v) is 10.9. The average molecular weight is 363 g/mol. The molecule has 0 saturated carbocycles. The van der Waals surface area contributed by atoms with Crippen molar-refractivity contribution in [3.05, 3.63) is 71.3 Å². The van der Waals surface area contributed by atoms with E-state index >= 15 is 0 Å². The summed E-state index contributed by atoms with van der Waals surface area (Å²) in [5, 5.41) is 0. The minimum absolute atomic E-state index is 0.568. The average Bonchev–Trinajstić information content (AvgIpc) is 3.05. The summed E-state index contributed by atoms with van der Waals surface area (Å²) in [5.74, 6) is 2.04. The quantitative estimate of drug-likeness (QED) is 0.686. The van der Waals surface area contributed by atoms with E-state index in [4.69, 9.17) is 0 Å². The molecule has 2 heteroatoms. The maximum absolute atomic E-state index is 2.74. The van der Waals surface area contributed by atoms with Gasteiger partial charge >= 0.3 is 0 Å². The van der Waals surface area contributed by atoms with Gasteiger partial charge in [0.2, 0.25) is 0 Å². The SMILES string of the molecule is CCN(CC)CCCN1CC[C@H]2c3ccccc3[C@@H](c3ccccc3)[C@H]2C1. The molecule has 1 heterocycles. The number of piperidine rings is 1. The van der Waals surface area contributed by atoms with Crippen molar-refractivity contribution in [2.75, 3.05) is 39.3 Å². The first kappa shape index (κ1) is 18.7. The molecular weight excluding hydrogens is 328 g/mol. The lowest BCUT2D eigenvalue weighted by atomic mass is 9.79. The Morgan fingerprint density at radius 1 is 0.926 bits per heavy atom. The first-order valence-electron chi connectivity index (χ1n) is 10.9. The Labute approximate surface area is 165 Å². The first-order chi connectivity index (χ1) is 13.3. The van der Waals surface area contributed by atoms with Gasteiger partial charge in [-0.15, -0.1) is 0 Å². The van der Waals surface area contributed by atoms with Gasteiger partial charge in [-0.25, -0.2) is 0 Å². The van der Waals surface area contributed by atoms with Crippen LogP contribution >= 0.6 is 0 Å². The number of nitrogens with zero attached hydrogens (tertiary/aromatic N) is 2. The number of benzene rings is 2. The lowest BCUT2D eigenvalue weighted by Gasteiger charge is -2.38. The predicted molar refractivity (Wildman–Crippen MR) is 114 cm³/mol. The van der Waals surface area contributed by atoms with E-state index < -0.39 is 0 Å². The molecule has 0 unspecified atom stereocenters. The van der Waals surface area contributed by atoms with Crippen LogP contribution in [0.5, 0.6) is 0 Å². The van der Waals surface area contributed by atoms with E-state index in [9.17, 15) is 0 Å². The summed E-state index contributed by atoms with van der Waals surface area (Å²) >= 11 is 0. The van der Waals surface area contributed by atoms with Crippen LogP contribution in [-0.2, 0) is 0 Å². The molecule has 1 saturated heterocycles. The van der Waals surface area contributed by atoms with Crippen molar-refractivity contribution < 1.29 is 0 Å². The monoisotopic (exact) mass is 362 g/mol. The number of rotatable bonds is 7. The van der Waals surface area contributed by atoms with E-state index in [0.29, 0.717) is 5.92 Å². The maximum Gasteiger partial charge on any atom is 0.0138 e. The Bertz CT molecular complexity index is 722. The second-order valence-electron chi connectivity index (χ2n) is 8.26. The van der Waals surface area contributed by atoms with Gasteiger partial charge in [-0.05, 0) is 74.1 Å². The molecule has 4 rings (SSSR count). The van der Waals surface area contributed by atoms with Crippen LogP contribution in [0.4, 0.5) is 0 Å². The molecular formula is C25H34N2. The molecule has 1 fully saturated rings. The molecule has 2 aliphatic rings. The standard InChI is InChI=1S/C25H34N2/c1-3-26(4-2)16-10-17-27-18-15-22-21-13-8-9-14-23(21)25(24(22)19-27)20-11-6-5-7-12-20/h5-9,11-14,22,24-25H,3-4,10,15-19H2,1-2H3/t22-,24-,25+/m0/s1. The third kappa shape index (κ3) is 3.83. The minimum atomic E-state index is 0.568. The van der Waals surface area contributed by atoms with Gasteiger partial charge < -0.3 is 9.80 Å². The van der Waals surface area contributed by atoms with Crippen LogP contribution in [0.1, 0.15) is 55.2 Å². The summed E-state index contributed by atoms with van der Waals surface area (Å²) < 4.78 is 0. The third-order valence-corrected chi connectivity index (χ3v) is 6.90. The smallest absolute Gasteiger partial charge is 0.0138 e. The Morgan fingerprint density at radius 2 is 1.63 bits per heavy atom. The van der Waals surface area contributed by atoms with Crippen molar-refractivity contribution in [3.8, 4) is 0 Å². The molecule has 2 aromatic carbocycles. The summed E-state index contributed by atoms with van der Waals surface area (Å²) in [6.07, 6.45) is 2.61. The molecule has 0 radical (unpaired) electrons. The highest BCUT2D eigenvalue weighted by Crippen LogP contribution is 2.52. The van der Waals surface area contributed by atoms with Crippen molar-refractivity contribution >= 4 is 0 Å². The van der Waals surface area contributed by atoms with Crippen LogP contribution in [0.2, 0.25) is 0 Å². The van der Waals surface area contributed by atoms with Crippen LogP contribution in [0.25, 0.3) is 0 Å². The van der Waals surface area contributed by atoms with E-state index in [1.807, 2.05) is 0 Å². The van der Waals surface area contributed by atoms with E-state index in [1.165, 1.54) is 57.7 Å². The highest BCUT2D eigenvalue weighted by molar-refractivity contribution is 5.46. The highest BCUT2D eigenvalue weighted by atomic mass is 15.2.